The summed E-state index contributed by atoms with van der Waals surface area (Å²) in [4.78, 5) is 10.8. The molecule has 1 aliphatic heterocycles. The summed E-state index contributed by atoms with van der Waals surface area (Å²) < 4.78 is 1.78. The first kappa shape index (κ1) is 11.4. The molecule has 6 nitrogen and oxygen atoms in total. The molecule has 1 aliphatic rings. The maximum absolute atomic E-state index is 9.17. The Morgan fingerprint density at radius 3 is 2.89 bits per heavy atom. The van der Waals surface area contributed by atoms with Crippen molar-refractivity contribution < 1.29 is 5.11 Å². The largest absolute Gasteiger partial charge is 0.396 e. The Kier molecular flexibility index (Phi) is 2.87. The number of hydrogen-bond donors (Lipinski definition) is 1. The van der Waals surface area contributed by atoms with E-state index in [1.165, 1.54) is 6.33 Å². The van der Waals surface area contributed by atoms with Gasteiger partial charge in [-0.1, -0.05) is 0 Å². The molecule has 0 saturated carbocycles. The number of hydrogen-bond acceptors (Lipinski definition) is 5. The van der Waals surface area contributed by atoms with Gasteiger partial charge >= 0.3 is 0 Å². The van der Waals surface area contributed by atoms with Gasteiger partial charge in [0.1, 0.15) is 12.1 Å². The minimum atomic E-state index is 0.294. The molecule has 0 aromatic carbocycles. The van der Waals surface area contributed by atoms with Crippen molar-refractivity contribution in [1.29, 1.82) is 0 Å². The van der Waals surface area contributed by atoms with E-state index < -0.39 is 0 Å². The molecule has 0 radical (unpaired) electrons. The Morgan fingerprint density at radius 2 is 2.17 bits per heavy atom. The molecule has 2 aromatic heterocycles. The van der Waals surface area contributed by atoms with Gasteiger partial charge in [-0.15, -0.1) is 0 Å². The first-order valence-electron chi connectivity index (χ1n) is 6.31. The van der Waals surface area contributed by atoms with E-state index in [9.17, 15) is 5.11 Å². The monoisotopic (exact) mass is 247 g/mol. The van der Waals surface area contributed by atoms with Crippen LogP contribution in [0, 0.1) is 12.8 Å². The number of aryl methyl sites for hydroxylation is 1. The van der Waals surface area contributed by atoms with Gasteiger partial charge in [-0.2, -0.15) is 14.6 Å². The quantitative estimate of drug-likeness (QED) is 0.843. The first-order chi connectivity index (χ1) is 8.78. The molecule has 3 rings (SSSR count). The third kappa shape index (κ3) is 1.92. The van der Waals surface area contributed by atoms with Gasteiger partial charge < -0.3 is 10.0 Å². The molecule has 0 aliphatic carbocycles. The van der Waals surface area contributed by atoms with Crippen LogP contribution in [0.3, 0.4) is 0 Å². The minimum Gasteiger partial charge on any atom is -0.396 e. The summed E-state index contributed by atoms with van der Waals surface area (Å²) >= 11 is 0. The van der Waals surface area contributed by atoms with Crippen LogP contribution in [0.1, 0.15) is 18.5 Å². The van der Waals surface area contributed by atoms with E-state index in [4.69, 9.17) is 0 Å². The van der Waals surface area contributed by atoms with Crippen molar-refractivity contribution in [1.82, 2.24) is 19.6 Å². The Balaban J connectivity index is 1.92. The number of aliphatic hydroxyl groups is 1. The molecule has 1 fully saturated rings. The number of nitrogens with zero attached hydrogens (tertiary/aromatic N) is 5. The molecule has 1 N–H and O–H groups in total. The molecule has 0 bridgehead atoms. The lowest BCUT2D eigenvalue weighted by molar-refractivity contribution is 0.202. The lowest BCUT2D eigenvalue weighted by Gasteiger charge is -2.32. The van der Waals surface area contributed by atoms with Gasteiger partial charge in [0.15, 0.2) is 0 Å². The third-order valence-corrected chi connectivity index (χ3v) is 3.56. The molecule has 18 heavy (non-hydrogen) atoms. The summed E-state index contributed by atoms with van der Waals surface area (Å²) in [5, 5.41) is 13.4. The van der Waals surface area contributed by atoms with Gasteiger partial charge in [0.05, 0.1) is 0 Å². The minimum absolute atomic E-state index is 0.294. The summed E-state index contributed by atoms with van der Waals surface area (Å²) in [5.41, 5.74) is 0.954. The average molecular weight is 247 g/mol. The van der Waals surface area contributed by atoms with Crippen LogP contribution in [0.25, 0.3) is 5.78 Å². The highest BCUT2D eigenvalue weighted by atomic mass is 16.3. The lowest BCUT2D eigenvalue weighted by Crippen LogP contribution is -2.36. The van der Waals surface area contributed by atoms with Gasteiger partial charge in [-0.05, 0) is 25.7 Å². The number of aromatic nitrogens is 4. The average Bonchev–Trinajstić information content (AvgIpc) is 2.86. The Morgan fingerprint density at radius 1 is 1.39 bits per heavy atom. The SMILES string of the molecule is Cc1cc(N2CCC(CO)CC2)n2ncnc2n1. The van der Waals surface area contributed by atoms with Crippen LogP contribution in [0.5, 0.6) is 0 Å². The zero-order valence-electron chi connectivity index (χ0n) is 10.5. The topological polar surface area (TPSA) is 66.5 Å². The predicted molar refractivity (Wildman–Crippen MR) is 67.5 cm³/mol. The molecule has 1 saturated heterocycles. The van der Waals surface area contributed by atoms with Crippen molar-refractivity contribution in [3.05, 3.63) is 18.1 Å². The zero-order chi connectivity index (χ0) is 12.5. The lowest BCUT2D eigenvalue weighted by atomic mass is 9.98. The molecule has 6 heteroatoms. The van der Waals surface area contributed by atoms with Crippen LogP contribution in [0.4, 0.5) is 5.82 Å². The Hall–Kier alpha value is -1.69. The van der Waals surface area contributed by atoms with Crippen molar-refractivity contribution >= 4 is 11.6 Å². The molecule has 0 atom stereocenters. The number of rotatable bonds is 2. The van der Waals surface area contributed by atoms with Gasteiger partial charge in [0, 0.05) is 31.5 Å². The smallest absolute Gasteiger partial charge is 0.254 e. The maximum Gasteiger partial charge on any atom is 0.254 e. The summed E-state index contributed by atoms with van der Waals surface area (Å²) in [5.74, 6) is 2.14. The van der Waals surface area contributed by atoms with Crippen LogP contribution in [0.15, 0.2) is 12.4 Å². The summed E-state index contributed by atoms with van der Waals surface area (Å²) in [6.07, 6.45) is 3.58. The fraction of sp³-hybridized carbons (Fsp3) is 0.583. The van der Waals surface area contributed by atoms with E-state index in [0.29, 0.717) is 18.3 Å². The summed E-state index contributed by atoms with van der Waals surface area (Å²) in [7, 11) is 0. The van der Waals surface area contributed by atoms with E-state index in [1.54, 1.807) is 4.52 Å². The van der Waals surface area contributed by atoms with E-state index >= 15 is 0 Å². The normalized spacial score (nSPS) is 17.6. The van der Waals surface area contributed by atoms with Gasteiger partial charge in [0.2, 0.25) is 0 Å². The van der Waals surface area contributed by atoms with Crippen molar-refractivity contribution in [2.75, 3.05) is 24.6 Å². The Bertz CT molecular complexity index is 544. The highest BCUT2D eigenvalue weighted by Gasteiger charge is 2.21. The number of anilines is 1. The highest BCUT2D eigenvalue weighted by molar-refractivity contribution is 5.47. The molecule has 0 spiro atoms. The second-order valence-corrected chi connectivity index (χ2v) is 4.84. The van der Waals surface area contributed by atoms with Crippen LogP contribution in [-0.4, -0.2) is 44.4 Å². The molecular formula is C12H17N5O. The number of piperidine rings is 1. The van der Waals surface area contributed by atoms with E-state index in [2.05, 4.69) is 20.0 Å². The Labute approximate surface area is 105 Å². The predicted octanol–water partition coefficient (Wildman–Crippen LogP) is 0.641. The fourth-order valence-electron chi connectivity index (χ4n) is 2.48. The van der Waals surface area contributed by atoms with Crippen LogP contribution >= 0.6 is 0 Å². The molecule has 0 unspecified atom stereocenters. The molecule has 0 amide bonds. The fourth-order valence-corrected chi connectivity index (χ4v) is 2.48. The summed E-state index contributed by atoms with van der Waals surface area (Å²) in [6, 6.07) is 2.04. The van der Waals surface area contributed by atoms with Crippen molar-refractivity contribution in [3.63, 3.8) is 0 Å². The van der Waals surface area contributed by atoms with Gasteiger partial charge in [-0.3, -0.25) is 0 Å². The molecule has 3 heterocycles. The molecular weight excluding hydrogens is 230 g/mol. The van der Waals surface area contributed by atoms with E-state index in [-0.39, 0.29) is 0 Å². The second kappa shape index (κ2) is 4.53. The molecule has 96 valence electrons. The van der Waals surface area contributed by atoms with Crippen LogP contribution < -0.4 is 4.90 Å². The molecule has 2 aromatic rings. The van der Waals surface area contributed by atoms with Gasteiger partial charge in [0.25, 0.3) is 5.78 Å². The van der Waals surface area contributed by atoms with Gasteiger partial charge in [-0.25, -0.2) is 4.98 Å². The first-order valence-corrected chi connectivity index (χ1v) is 6.31. The van der Waals surface area contributed by atoms with Crippen molar-refractivity contribution in [3.8, 4) is 0 Å². The summed E-state index contributed by atoms with van der Waals surface area (Å²) in [6.45, 7) is 4.16. The van der Waals surface area contributed by atoms with Crippen molar-refractivity contribution in [2.45, 2.75) is 19.8 Å². The second-order valence-electron chi connectivity index (χ2n) is 4.84. The van der Waals surface area contributed by atoms with E-state index in [0.717, 1.165) is 37.4 Å². The number of fused-ring (bicyclic) bond motifs is 1. The van der Waals surface area contributed by atoms with E-state index in [1.807, 2.05) is 13.0 Å². The van der Waals surface area contributed by atoms with Crippen molar-refractivity contribution in [2.24, 2.45) is 5.92 Å². The number of aliphatic hydroxyl groups excluding tert-OH is 1. The standard InChI is InChI=1S/C12H17N5O/c1-9-6-11(17-12(15-9)13-8-14-17)16-4-2-10(7-18)3-5-16/h6,8,10,18H,2-5,7H2,1H3. The third-order valence-electron chi connectivity index (χ3n) is 3.56. The maximum atomic E-state index is 9.17. The van der Waals surface area contributed by atoms with Crippen LogP contribution in [0.2, 0.25) is 0 Å². The highest BCUT2D eigenvalue weighted by Crippen LogP contribution is 2.23. The van der Waals surface area contributed by atoms with Crippen LogP contribution in [-0.2, 0) is 0 Å². The zero-order valence-corrected chi connectivity index (χ0v) is 10.5.